The van der Waals surface area contributed by atoms with Crippen molar-refractivity contribution in [3.8, 4) is 0 Å². The lowest BCUT2D eigenvalue weighted by molar-refractivity contribution is -0.377. The number of ketones is 1. The highest BCUT2D eigenvalue weighted by Crippen LogP contribution is 2.08. The van der Waals surface area contributed by atoms with Gasteiger partial charge in [0.15, 0.2) is 18.2 Å². The molecule has 2 aromatic rings. The molecule has 90 valence electrons. The molecule has 0 spiro atoms. The minimum atomic E-state index is 0.00286. The molecule has 0 saturated carbocycles. The van der Waals surface area contributed by atoms with Crippen molar-refractivity contribution in [2.45, 2.75) is 6.92 Å². The second-order valence-electron chi connectivity index (χ2n) is 3.97. The molecular weight excluding hydrogens is 224 g/mol. The van der Waals surface area contributed by atoms with E-state index in [1.165, 1.54) is 0 Å². The maximum Gasteiger partial charge on any atom is 0.187 e. The summed E-state index contributed by atoms with van der Waals surface area (Å²) in [7, 11) is 0. The summed E-state index contributed by atoms with van der Waals surface area (Å²) >= 11 is 0. The van der Waals surface area contributed by atoms with Crippen LogP contribution in [0.25, 0.3) is 0 Å². The Bertz CT molecular complexity index is 547. The minimum Gasteiger partial charge on any atom is -0.359 e. The van der Waals surface area contributed by atoms with Crippen LogP contribution >= 0.6 is 0 Å². The van der Waals surface area contributed by atoms with Gasteiger partial charge >= 0.3 is 0 Å². The zero-order chi connectivity index (χ0) is 12.8. The normalized spacial score (nSPS) is 11.1. The summed E-state index contributed by atoms with van der Waals surface area (Å²) < 4.78 is 0. The fourth-order valence-corrected chi connectivity index (χ4v) is 1.62. The molecule has 2 rings (SSSR count). The summed E-state index contributed by atoms with van der Waals surface area (Å²) in [5.41, 5.74) is 2.46. The number of hydrogen-bond acceptors (Lipinski definition) is 2. The monoisotopic (exact) mass is 239 g/mol. The van der Waals surface area contributed by atoms with Crippen molar-refractivity contribution in [1.82, 2.24) is 0 Å². The second-order valence-corrected chi connectivity index (χ2v) is 3.97. The minimum absolute atomic E-state index is 0.00286. The molecule has 0 bridgehead atoms. The quantitative estimate of drug-likeness (QED) is 0.658. The summed E-state index contributed by atoms with van der Waals surface area (Å²) in [4.78, 5) is 14.9. The molecule has 0 aliphatic heterocycles. The first-order valence-corrected chi connectivity index (χ1v) is 5.76. The van der Waals surface area contributed by atoms with Gasteiger partial charge in [-0.15, -0.1) is 0 Å². The van der Waals surface area contributed by atoms with Crippen molar-refractivity contribution in [3.63, 3.8) is 0 Å². The first kappa shape index (κ1) is 12.0. The van der Waals surface area contributed by atoms with Gasteiger partial charge < -0.3 is 5.32 Å². The summed E-state index contributed by atoms with van der Waals surface area (Å²) in [6, 6.07) is 13.0. The third-order valence-electron chi connectivity index (χ3n) is 2.47. The number of aromatic amines is 1. The van der Waals surface area contributed by atoms with Crippen LogP contribution in [0.5, 0.6) is 0 Å². The van der Waals surface area contributed by atoms with Gasteiger partial charge in [-0.3, -0.25) is 4.79 Å². The van der Waals surface area contributed by atoms with E-state index in [2.05, 4.69) is 10.3 Å². The zero-order valence-electron chi connectivity index (χ0n) is 10.2. The van der Waals surface area contributed by atoms with Crippen LogP contribution in [0.4, 0.5) is 5.69 Å². The fourth-order valence-electron chi connectivity index (χ4n) is 1.62. The molecular formula is C15H15N2O+. The molecule has 0 fully saturated rings. The van der Waals surface area contributed by atoms with Gasteiger partial charge in [0.25, 0.3) is 0 Å². The van der Waals surface area contributed by atoms with Crippen molar-refractivity contribution >= 4 is 11.5 Å². The third-order valence-corrected chi connectivity index (χ3v) is 2.47. The number of H-pyrrole nitrogens is 1. The number of rotatable bonds is 4. The van der Waals surface area contributed by atoms with E-state index in [1.54, 1.807) is 6.08 Å². The second kappa shape index (κ2) is 5.77. The maximum atomic E-state index is 11.9. The lowest BCUT2D eigenvalue weighted by atomic mass is 10.1. The molecule has 1 heterocycles. The standard InChI is InChI=1S/C15H14N2O/c1-12(17-14-7-9-16-10-8-14)11-15(18)13-5-3-2-4-6-13/h2-11H,1H3,(H,16,17)/p+1. The third kappa shape index (κ3) is 3.28. The molecule has 1 aromatic carbocycles. The maximum absolute atomic E-state index is 11.9. The molecule has 0 aliphatic rings. The van der Waals surface area contributed by atoms with Gasteiger partial charge in [-0.1, -0.05) is 30.3 Å². The summed E-state index contributed by atoms with van der Waals surface area (Å²) in [6.45, 7) is 1.87. The summed E-state index contributed by atoms with van der Waals surface area (Å²) in [5.74, 6) is 0.00286. The lowest BCUT2D eigenvalue weighted by Gasteiger charge is -2.04. The van der Waals surface area contributed by atoms with Crippen molar-refractivity contribution in [2.24, 2.45) is 0 Å². The van der Waals surface area contributed by atoms with Gasteiger partial charge in [0.2, 0.25) is 0 Å². The molecule has 3 nitrogen and oxygen atoms in total. The molecule has 0 saturated heterocycles. The highest BCUT2D eigenvalue weighted by molar-refractivity contribution is 6.05. The van der Waals surface area contributed by atoms with Gasteiger partial charge in [0, 0.05) is 29.5 Å². The van der Waals surface area contributed by atoms with Gasteiger partial charge in [0.1, 0.15) is 0 Å². The summed E-state index contributed by atoms with van der Waals surface area (Å²) in [5, 5.41) is 3.16. The Morgan fingerprint density at radius 2 is 1.78 bits per heavy atom. The SMILES string of the molecule is CC(=CC(=O)c1ccccc1)Nc1cc[nH+]cc1. The molecule has 0 radical (unpaired) electrons. The fraction of sp³-hybridized carbons (Fsp3) is 0.0667. The van der Waals surface area contributed by atoms with Crippen LogP contribution in [0, 0.1) is 0 Å². The Balaban J connectivity index is 2.07. The van der Waals surface area contributed by atoms with Crippen molar-refractivity contribution in [3.05, 3.63) is 72.2 Å². The largest absolute Gasteiger partial charge is 0.359 e. The van der Waals surface area contributed by atoms with Crippen molar-refractivity contribution in [2.75, 3.05) is 5.32 Å². The average molecular weight is 239 g/mol. The summed E-state index contributed by atoms with van der Waals surface area (Å²) in [6.07, 6.45) is 5.26. The highest BCUT2D eigenvalue weighted by Gasteiger charge is 2.02. The number of anilines is 1. The molecule has 2 N–H and O–H groups in total. The van der Waals surface area contributed by atoms with Crippen molar-refractivity contribution < 1.29 is 9.78 Å². The predicted octanol–water partition coefficient (Wildman–Crippen LogP) is 2.70. The molecule has 0 amide bonds. The lowest BCUT2D eigenvalue weighted by Crippen LogP contribution is -2.03. The van der Waals surface area contributed by atoms with E-state index < -0.39 is 0 Å². The highest BCUT2D eigenvalue weighted by atomic mass is 16.1. The van der Waals surface area contributed by atoms with Gasteiger partial charge in [-0.05, 0) is 6.92 Å². The number of aromatic nitrogens is 1. The molecule has 18 heavy (non-hydrogen) atoms. The Morgan fingerprint density at radius 3 is 2.44 bits per heavy atom. The number of allylic oxidation sites excluding steroid dienone is 2. The van der Waals surface area contributed by atoms with Crippen LogP contribution in [-0.4, -0.2) is 5.78 Å². The van der Waals surface area contributed by atoms with Gasteiger partial charge in [-0.25, -0.2) is 4.98 Å². The number of carbonyl (C=O) groups is 1. The Labute approximate surface area is 106 Å². The smallest absolute Gasteiger partial charge is 0.187 e. The molecule has 0 atom stereocenters. The molecule has 3 heteroatoms. The number of carbonyl (C=O) groups excluding carboxylic acids is 1. The van der Waals surface area contributed by atoms with E-state index in [4.69, 9.17) is 0 Å². The number of nitrogens with one attached hydrogen (secondary N) is 2. The zero-order valence-corrected chi connectivity index (χ0v) is 10.2. The molecule has 0 unspecified atom stereocenters. The molecule has 1 aromatic heterocycles. The van der Waals surface area contributed by atoms with Gasteiger partial charge in [0.05, 0.1) is 5.69 Å². The van der Waals surface area contributed by atoms with E-state index in [9.17, 15) is 4.79 Å². The van der Waals surface area contributed by atoms with E-state index in [0.717, 1.165) is 11.4 Å². The Hall–Kier alpha value is -2.42. The predicted molar refractivity (Wildman–Crippen MR) is 71.1 cm³/mol. The van der Waals surface area contributed by atoms with Gasteiger partial charge in [-0.2, -0.15) is 0 Å². The van der Waals surface area contributed by atoms with E-state index in [-0.39, 0.29) is 5.78 Å². The number of pyridine rings is 1. The van der Waals surface area contributed by atoms with Crippen LogP contribution < -0.4 is 10.3 Å². The first-order valence-electron chi connectivity index (χ1n) is 5.76. The molecule has 0 aliphatic carbocycles. The van der Waals surface area contributed by atoms with E-state index in [1.807, 2.05) is 61.8 Å². The van der Waals surface area contributed by atoms with Crippen LogP contribution in [0.15, 0.2) is 66.6 Å². The van der Waals surface area contributed by atoms with Crippen LogP contribution in [0.1, 0.15) is 17.3 Å². The van der Waals surface area contributed by atoms with Crippen LogP contribution in [0.2, 0.25) is 0 Å². The number of hydrogen-bond donors (Lipinski definition) is 1. The van der Waals surface area contributed by atoms with E-state index in [0.29, 0.717) is 5.56 Å². The van der Waals surface area contributed by atoms with E-state index >= 15 is 0 Å². The van der Waals surface area contributed by atoms with Crippen LogP contribution in [0.3, 0.4) is 0 Å². The van der Waals surface area contributed by atoms with Crippen molar-refractivity contribution in [1.29, 1.82) is 0 Å². The first-order chi connectivity index (χ1) is 8.75. The Kier molecular flexibility index (Phi) is 3.86. The number of benzene rings is 1. The average Bonchev–Trinajstić information content (AvgIpc) is 2.40. The van der Waals surface area contributed by atoms with Crippen LogP contribution in [-0.2, 0) is 0 Å². The Morgan fingerprint density at radius 1 is 1.11 bits per heavy atom. The topological polar surface area (TPSA) is 43.2 Å².